The van der Waals surface area contributed by atoms with Crippen molar-refractivity contribution in [2.75, 3.05) is 0 Å². The second-order valence-electron chi connectivity index (χ2n) is 19.0. The van der Waals surface area contributed by atoms with Crippen LogP contribution in [0.2, 0.25) is 0 Å². The molecule has 2 aliphatic heterocycles. The molecule has 49 heavy (non-hydrogen) atoms. The van der Waals surface area contributed by atoms with Crippen molar-refractivity contribution in [1.29, 1.82) is 0 Å². The third-order valence-electron chi connectivity index (χ3n) is 16.6. The van der Waals surface area contributed by atoms with Crippen LogP contribution in [0.25, 0.3) is 0 Å². The molecule has 9 aliphatic rings. The number of likely N-dealkylation sites (tertiary alicyclic amines) is 1. The van der Waals surface area contributed by atoms with Crippen LogP contribution in [0.3, 0.4) is 0 Å². The van der Waals surface area contributed by atoms with Gasteiger partial charge in [-0.15, -0.1) is 0 Å². The molecule has 4 heteroatoms. The molecule has 7 unspecified atom stereocenters. The minimum atomic E-state index is 0.485. The number of rotatable bonds is 6. The summed E-state index contributed by atoms with van der Waals surface area (Å²) in [7, 11) is 0. The normalized spacial score (nSPS) is 46.9. The number of nitrogens with zero attached hydrogens (tertiary/aromatic N) is 1. The molecular formula is C45H72N4. The second kappa shape index (κ2) is 15.6. The Hall–Kier alpha value is -0.940. The summed E-state index contributed by atoms with van der Waals surface area (Å²) in [6, 6.07) is 2.30. The van der Waals surface area contributed by atoms with E-state index in [1.54, 1.807) is 0 Å². The molecule has 3 N–H and O–H groups in total. The van der Waals surface area contributed by atoms with E-state index in [1.165, 1.54) is 161 Å². The third kappa shape index (κ3) is 7.22. The summed E-state index contributed by atoms with van der Waals surface area (Å²) in [5.74, 6) is 7.01. The van der Waals surface area contributed by atoms with Gasteiger partial charge in [-0.25, -0.2) is 0 Å². The molecule has 0 bridgehead atoms. The summed E-state index contributed by atoms with van der Waals surface area (Å²) in [5, 5.41) is 13.0. The summed E-state index contributed by atoms with van der Waals surface area (Å²) >= 11 is 0. The van der Waals surface area contributed by atoms with Gasteiger partial charge in [0.15, 0.2) is 0 Å². The Morgan fingerprint density at radius 1 is 0.490 bits per heavy atom. The smallest absolute Gasteiger partial charge is 0.0624 e. The van der Waals surface area contributed by atoms with Crippen molar-refractivity contribution in [1.82, 2.24) is 20.9 Å². The van der Waals surface area contributed by atoms with Crippen LogP contribution in [0.4, 0.5) is 0 Å². The zero-order valence-corrected chi connectivity index (χ0v) is 31.1. The zero-order chi connectivity index (χ0) is 32.6. The summed E-state index contributed by atoms with van der Waals surface area (Å²) in [6.45, 7) is 0. The Morgan fingerprint density at radius 2 is 1.06 bits per heavy atom. The number of nitrogens with one attached hydrogen (secondary N) is 3. The topological polar surface area (TPSA) is 39.3 Å². The van der Waals surface area contributed by atoms with E-state index in [0.29, 0.717) is 24.5 Å². The molecule has 7 atom stereocenters. The van der Waals surface area contributed by atoms with Crippen molar-refractivity contribution in [3.8, 4) is 0 Å². The van der Waals surface area contributed by atoms with Gasteiger partial charge in [0.1, 0.15) is 0 Å². The van der Waals surface area contributed by atoms with Gasteiger partial charge in [-0.2, -0.15) is 0 Å². The average Bonchev–Trinajstić information content (AvgIpc) is 3.53. The van der Waals surface area contributed by atoms with Crippen LogP contribution in [0.15, 0.2) is 36.0 Å². The van der Waals surface area contributed by atoms with Gasteiger partial charge in [-0.3, -0.25) is 20.9 Å². The minimum Gasteiger partial charge on any atom is -0.290 e. The maximum atomic E-state index is 4.33. The zero-order valence-electron chi connectivity index (χ0n) is 31.1. The first-order valence-corrected chi connectivity index (χ1v) is 22.4. The average molecular weight is 669 g/mol. The van der Waals surface area contributed by atoms with Gasteiger partial charge < -0.3 is 0 Å². The standard InChI is InChI=1S/C45H72N4/c1-3-11-31(12-4-1)33-19-23-35(24-20-33)43-46-44(36-25-21-34(22-26-36)32-13-5-2-6-14-32)48-45(47-43)37-27-29-38(30-28-37)49-41-17-9-7-15-39(41)40-16-8-10-18-42(40)49/h7,9,11,15,17,32-48H,1-6,8,10,12-14,16,18-30H2. The van der Waals surface area contributed by atoms with Gasteiger partial charge >= 0.3 is 0 Å². The van der Waals surface area contributed by atoms with Crippen LogP contribution >= 0.6 is 0 Å². The van der Waals surface area contributed by atoms with Crippen molar-refractivity contribution in [3.05, 3.63) is 36.0 Å². The quantitative estimate of drug-likeness (QED) is 0.247. The lowest BCUT2D eigenvalue weighted by atomic mass is 9.70. The SMILES string of the molecule is C1=CC2C3CCCCC3N(C3CCC(C4NC(C5CCC(C6=CCCCC6)CC5)NC(C5CCC(C6CCCCC6)CC5)N4)CC3)C2C=C1. The van der Waals surface area contributed by atoms with E-state index in [2.05, 4.69) is 51.2 Å². The van der Waals surface area contributed by atoms with Gasteiger partial charge in [-0.05, 0) is 157 Å². The van der Waals surface area contributed by atoms with Gasteiger partial charge in [0.05, 0.1) is 18.5 Å². The molecule has 272 valence electrons. The van der Waals surface area contributed by atoms with E-state index >= 15 is 0 Å². The van der Waals surface area contributed by atoms with E-state index < -0.39 is 0 Å². The Balaban J connectivity index is 0.859. The van der Waals surface area contributed by atoms with Crippen molar-refractivity contribution in [3.63, 3.8) is 0 Å². The highest BCUT2D eigenvalue weighted by molar-refractivity contribution is 5.24. The molecule has 0 radical (unpaired) electrons. The minimum absolute atomic E-state index is 0.485. The van der Waals surface area contributed by atoms with E-state index in [0.717, 1.165) is 59.4 Å². The maximum absolute atomic E-state index is 4.33. The first kappa shape index (κ1) is 33.9. The number of fused-ring (bicyclic) bond motifs is 3. The summed E-state index contributed by atoms with van der Waals surface area (Å²) < 4.78 is 0. The van der Waals surface area contributed by atoms with Crippen LogP contribution in [-0.4, -0.2) is 41.5 Å². The fourth-order valence-corrected chi connectivity index (χ4v) is 13.9. The molecule has 2 heterocycles. The van der Waals surface area contributed by atoms with E-state index in [1.807, 2.05) is 5.57 Å². The van der Waals surface area contributed by atoms with Gasteiger partial charge in [0, 0.05) is 24.0 Å². The van der Waals surface area contributed by atoms with Crippen molar-refractivity contribution >= 4 is 0 Å². The molecule has 2 saturated heterocycles. The highest BCUT2D eigenvalue weighted by atomic mass is 15.4. The lowest BCUT2D eigenvalue weighted by Crippen LogP contribution is -2.72. The van der Waals surface area contributed by atoms with Gasteiger partial charge in [0.25, 0.3) is 0 Å². The molecule has 7 aliphatic carbocycles. The molecule has 0 aromatic rings. The highest BCUT2D eigenvalue weighted by Crippen LogP contribution is 2.49. The first-order valence-electron chi connectivity index (χ1n) is 22.4. The van der Waals surface area contributed by atoms with E-state index in [4.69, 9.17) is 0 Å². The maximum Gasteiger partial charge on any atom is 0.0624 e. The lowest BCUT2D eigenvalue weighted by Gasteiger charge is -2.51. The third-order valence-corrected chi connectivity index (χ3v) is 16.6. The molecule has 7 fully saturated rings. The van der Waals surface area contributed by atoms with Gasteiger partial charge in [-0.1, -0.05) is 80.9 Å². The van der Waals surface area contributed by atoms with Crippen LogP contribution in [0.5, 0.6) is 0 Å². The predicted octanol–water partition coefficient (Wildman–Crippen LogP) is 9.98. The van der Waals surface area contributed by atoms with Gasteiger partial charge in [0.2, 0.25) is 0 Å². The Kier molecular flexibility index (Phi) is 10.8. The van der Waals surface area contributed by atoms with Crippen LogP contribution in [0, 0.1) is 47.3 Å². The molecule has 4 nitrogen and oxygen atoms in total. The Bertz CT molecular complexity index is 1160. The monoisotopic (exact) mass is 669 g/mol. The highest BCUT2D eigenvalue weighted by Gasteiger charge is 2.51. The van der Waals surface area contributed by atoms with E-state index in [-0.39, 0.29) is 0 Å². The summed E-state index contributed by atoms with van der Waals surface area (Å²) in [4.78, 5) is 3.09. The molecule has 0 spiro atoms. The molecule has 9 rings (SSSR count). The second-order valence-corrected chi connectivity index (χ2v) is 19.0. The van der Waals surface area contributed by atoms with Crippen molar-refractivity contribution < 1.29 is 0 Å². The fraction of sp³-hybridized carbons (Fsp3) is 0.867. The van der Waals surface area contributed by atoms with Crippen LogP contribution in [0.1, 0.15) is 161 Å². The van der Waals surface area contributed by atoms with Crippen LogP contribution in [-0.2, 0) is 0 Å². The molecule has 0 aromatic carbocycles. The van der Waals surface area contributed by atoms with Crippen LogP contribution < -0.4 is 16.0 Å². The largest absolute Gasteiger partial charge is 0.290 e. The predicted molar refractivity (Wildman–Crippen MR) is 204 cm³/mol. The Morgan fingerprint density at radius 3 is 1.73 bits per heavy atom. The number of allylic oxidation sites excluding steroid dienone is 4. The molecule has 0 aromatic heterocycles. The summed E-state index contributed by atoms with van der Waals surface area (Å²) in [5.41, 5.74) is 1.83. The molecule has 0 amide bonds. The first-order chi connectivity index (χ1) is 24.3. The van der Waals surface area contributed by atoms with E-state index in [9.17, 15) is 0 Å². The Labute approximate surface area is 300 Å². The van der Waals surface area contributed by atoms with Crippen molar-refractivity contribution in [2.45, 2.75) is 197 Å². The lowest BCUT2D eigenvalue weighted by molar-refractivity contribution is 0.0295. The fourth-order valence-electron chi connectivity index (χ4n) is 13.9. The summed E-state index contributed by atoms with van der Waals surface area (Å²) in [6.07, 6.45) is 50.1. The number of hydrogen-bond acceptors (Lipinski definition) is 4. The van der Waals surface area contributed by atoms with Crippen molar-refractivity contribution in [2.24, 2.45) is 47.3 Å². The molecule has 5 saturated carbocycles. The number of hydrogen-bond donors (Lipinski definition) is 3. The molecular weight excluding hydrogens is 597 g/mol.